The third-order valence-electron chi connectivity index (χ3n) is 2.61. The molecule has 1 aromatic carbocycles. The second-order valence-electron chi connectivity index (χ2n) is 4.07. The molecule has 19 heavy (non-hydrogen) atoms. The maximum atomic E-state index is 13.8. The molecule has 0 saturated heterocycles. The number of hydrogen-bond donors (Lipinski definition) is 2. The average molecular weight is 284 g/mol. The zero-order valence-electron chi connectivity index (χ0n) is 10.1. The highest BCUT2D eigenvalue weighted by molar-refractivity contribution is 7.89. The summed E-state index contributed by atoms with van der Waals surface area (Å²) in [5.74, 6) is -0.0418. The van der Waals surface area contributed by atoms with Crippen LogP contribution in [0.3, 0.4) is 0 Å². The quantitative estimate of drug-likeness (QED) is 0.901. The number of primary sulfonamides is 1. The molecule has 0 aliphatic heterocycles. The lowest BCUT2D eigenvalue weighted by Gasteiger charge is -2.14. The van der Waals surface area contributed by atoms with E-state index in [0.29, 0.717) is 5.76 Å². The normalized spacial score (nSPS) is 13.2. The molecule has 102 valence electrons. The van der Waals surface area contributed by atoms with Crippen LogP contribution in [0, 0.1) is 5.82 Å². The number of nitrogens with two attached hydrogens (primary N) is 1. The molecule has 1 unspecified atom stereocenters. The van der Waals surface area contributed by atoms with Gasteiger partial charge in [-0.3, -0.25) is 0 Å². The van der Waals surface area contributed by atoms with Crippen LogP contribution in [-0.4, -0.2) is 8.42 Å². The molecule has 3 N–H and O–H groups in total. The number of benzene rings is 1. The zero-order valence-corrected chi connectivity index (χ0v) is 10.9. The Kier molecular flexibility index (Phi) is 3.59. The van der Waals surface area contributed by atoms with Gasteiger partial charge < -0.3 is 9.73 Å². The third-order valence-corrected chi connectivity index (χ3v) is 3.52. The van der Waals surface area contributed by atoms with Crippen molar-refractivity contribution in [2.24, 2.45) is 5.14 Å². The number of furan rings is 1. The van der Waals surface area contributed by atoms with E-state index in [4.69, 9.17) is 9.56 Å². The molecule has 1 heterocycles. The number of sulfonamides is 1. The van der Waals surface area contributed by atoms with E-state index < -0.39 is 15.8 Å². The Morgan fingerprint density at radius 3 is 2.63 bits per heavy atom. The van der Waals surface area contributed by atoms with E-state index in [2.05, 4.69) is 5.32 Å². The third kappa shape index (κ3) is 3.12. The van der Waals surface area contributed by atoms with Crippen molar-refractivity contribution >= 4 is 15.7 Å². The molecule has 0 fully saturated rings. The average Bonchev–Trinajstić information content (AvgIpc) is 2.84. The smallest absolute Gasteiger partial charge is 0.238 e. The van der Waals surface area contributed by atoms with Gasteiger partial charge in [-0.2, -0.15) is 0 Å². The Labute approximate surface area is 110 Å². The second kappa shape index (κ2) is 5.02. The van der Waals surface area contributed by atoms with Gasteiger partial charge in [-0.25, -0.2) is 17.9 Å². The highest BCUT2D eigenvalue weighted by Gasteiger charge is 2.14. The fourth-order valence-corrected chi connectivity index (χ4v) is 2.16. The van der Waals surface area contributed by atoms with Gasteiger partial charge in [-0.1, -0.05) is 0 Å². The monoisotopic (exact) mass is 284 g/mol. The van der Waals surface area contributed by atoms with Crippen LogP contribution >= 0.6 is 0 Å². The van der Waals surface area contributed by atoms with Crippen LogP contribution in [-0.2, 0) is 10.0 Å². The SMILES string of the molecule is CC(Nc1ccc(S(N)(=O)=O)cc1F)c1ccco1. The molecule has 0 radical (unpaired) electrons. The van der Waals surface area contributed by atoms with Gasteiger partial charge >= 0.3 is 0 Å². The first-order chi connectivity index (χ1) is 8.88. The van der Waals surface area contributed by atoms with Crippen molar-refractivity contribution in [1.82, 2.24) is 0 Å². The van der Waals surface area contributed by atoms with Crippen molar-refractivity contribution in [2.75, 3.05) is 5.32 Å². The lowest BCUT2D eigenvalue weighted by Crippen LogP contribution is -2.13. The van der Waals surface area contributed by atoms with Crippen molar-refractivity contribution in [3.8, 4) is 0 Å². The molecular formula is C12H13FN2O3S. The molecule has 1 atom stereocenters. The molecule has 1 aromatic heterocycles. The van der Waals surface area contributed by atoms with Gasteiger partial charge in [0, 0.05) is 0 Å². The van der Waals surface area contributed by atoms with Gasteiger partial charge in [-0.05, 0) is 37.3 Å². The van der Waals surface area contributed by atoms with Crippen molar-refractivity contribution in [3.05, 3.63) is 48.2 Å². The Morgan fingerprint density at radius 1 is 1.37 bits per heavy atom. The summed E-state index contributed by atoms with van der Waals surface area (Å²) in [6.07, 6.45) is 1.52. The van der Waals surface area contributed by atoms with Gasteiger partial charge in [-0.15, -0.1) is 0 Å². The van der Waals surface area contributed by atoms with E-state index in [9.17, 15) is 12.8 Å². The highest BCUT2D eigenvalue weighted by Crippen LogP contribution is 2.23. The van der Waals surface area contributed by atoms with Crippen LogP contribution in [0.4, 0.5) is 10.1 Å². The lowest BCUT2D eigenvalue weighted by atomic mass is 10.2. The summed E-state index contributed by atoms with van der Waals surface area (Å²) >= 11 is 0. The van der Waals surface area contributed by atoms with Gasteiger partial charge in [0.05, 0.1) is 22.9 Å². The molecule has 0 bridgehead atoms. The van der Waals surface area contributed by atoms with E-state index >= 15 is 0 Å². The van der Waals surface area contributed by atoms with E-state index in [-0.39, 0.29) is 16.6 Å². The van der Waals surface area contributed by atoms with Crippen LogP contribution in [0.25, 0.3) is 0 Å². The summed E-state index contributed by atoms with van der Waals surface area (Å²) in [6, 6.07) is 6.70. The Morgan fingerprint density at radius 2 is 2.11 bits per heavy atom. The summed E-state index contributed by atoms with van der Waals surface area (Å²) in [4.78, 5) is -0.263. The standard InChI is InChI=1S/C12H13FN2O3S/c1-8(12-3-2-6-18-12)15-11-5-4-9(7-10(11)13)19(14,16)17/h2-8,15H,1H3,(H2,14,16,17). The summed E-state index contributed by atoms with van der Waals surface area (Å²) < 4.78 is 41.1. The summed E-state index contributed by atoms with van der Waals surface area (Å²) in [6.45, 7) is 1.80. The fourth-order valence-electron chi connectivity index (χ4n) is 1.63. The highest BCUT2D eigenvalue weighted by atomic mass is 32.2. The van der Waals surface area contributed by atoms with Gasteiger partial charge in [0.25, 0.3) is 0 Å². The van der Waals surface area contributed by atoms with E-state index in [1.807, 2.05) is 0 Å². The summed E-state index contributed by atoms with van der Waals surface area (Å²) in [5.41, 5.74) is 0.177. The first-order valence-electron chi connectivity index (χ1n) is 5.50. The van der Waals surface area contributed by atoms with Gasteiger partial charge in [0.2, 0.25) is 10.0 Å². The molecule has 0 saturated carbocycles. The van der Waals surface area contributed by atoms with Gasteiger partial charge in [0.1, 0.15) is 11.6 Å². The molecule has 5 nitrogen and oxygen atoms in total. The molecule has 2 rings (SSSR count). The van der Waals surface area contributed by atoms with E-state index in [1.54, 1.807) is 19.1 Å². The van der Waals surface area contributed by atoms with Crippen LogP contribution in [0.15, 0.2) is 45.9 Å². The van der Waals surface area contributed by atoms with Crippen LogP contribution in [0.5, 0.6) is 0 Å². The van der Waals surface area contributed by atoms with E-state index in [0.717, 1.165) is 6.07 Å². The van der Waals surface area contributed by atoms with Crippen LogP contribution in [0.2, 0.25) is 0 Å². The van der Waals surface area contributed by atoms with E-state index in [1.165, 1.54) is 18.4 Å². The molecule has 0 amide bonds. The number of rotatable bonds is 4. The largest absolute Gasteiger partial charge is 0.467 e. The van der Waals surface area contributed by atoms with Crippen molar-refractivity contribution in [3.63, 3.8) is 0 Å². The first kappa shape index (κ1) is 13.6. The van der Waals surface area contributed by atoms with Crippen molar-refractivity contribution in [2.45, 2.75) is 17.9 Å². The lowest BCUT2D eigenvalue weighted by molar-refractivity contribution is 0.489. The minimum absolute atomic E-state index is 0.177. The molecule has 7 heteroatoms. The second-order valence-corrected chi connectivity index (χ2v) is 5.63. The predicted molar refractivity (Wildman–Crippen MR) is 68.5 cm³/mol. The maximum Gasteiger partial charge on any atom is 0.238 e. The maximum absolute atomic E-state index is 13.8. The number of halogens is 1. The topological polar surface area (TPSA) is 85.3 Å². The number of nitrogens with one attached hydrogen (secondary N) is 1. The molecular weight excluding hydrogens is 271 g/mol. The summed E-state index contributed by atoms with van der Waals surface area (Å²) in [5, 5.41) is 7.81. The van der Waals surface area contributed by atoms with Crippen molar-refractivity contribution < 1.29 is 17.2 Å². The van der Waals surface area contributed by atoms with Gasteiger partial charge in [0.15, 0.2) is 0 Å². The number of hydrogen-bond acceptors (Lipinski definition) is 4. The van der Waals surface area contributed by atoms with Crippen LogP contribution < -0.4 is 10.5 Å². The summed E-state index contributed by atoms with van der Waals surface area (Å²) in [7, 11) is -3.90. The Hall–Kier alpha value is -1.86. The fraction of sp³-hybridized carbons (Fsp3) is 0.167. The minimum Gasteiger partial charge on any atom is -0.467 e. The molecule has 0 spiro atoms. The zero-order chi connectivity index (χ0) is 14.0. The molecule has 0 aliphatic rings. The Bertz CT molecular complexity index is 668. The number of anilines is 1. The molecule has 0 aliphatic carbocycles. The minimum atomic E-state index is -3.90. The van der Waals surface area contributed by atoms with Crippen molar-refractivity contribution in [1.29, 1.82) is 0 Å². The Balaban J connectivity index is 2.23. The first-order valence-corrected chi connectivity index (χ1v) is 7.05. The van der Waals surface area contributed by atoms with Crippen LogP contribution in [0.1, 0.15) is 18.7 Å². The predicted octanol–water partition coefficient (Wildman–Crippen LogP) is 2.24. The molecule has 2 aromatic rings.